The van der Waals surface area contributed by atoms with E-state index in [2.05, 4.69) is 51.4 Å². The van der Waals surface area contributed by atoms with Gasteiger partial charge in [-0.1, -0.05) is 0 Å². The molecule has 0 amide bonds. The number of ether oxygens (including phenoxy) is 1. The Morgan fingerprint density at radius 1 is 1.00 bits per heavy atom. The highest BCUT2D eigenvalue weighted by molar-refractivity contribution is 5.59. The lowest BCUT2D eigenvalue weighted by Crippen LogP contribution is -2.44. The van der Waals surface area contributed by atoms with E-state index in [0.29, 0.717) is 11.9 Å². The average molecular weight is 353 g/mol. The minimum atomic E-state index is 0.479. The molecule has 6 heteroatoms. The summed E-state index contributed by atoms with van der Waals surface area (Å²) in [6, 6.07) is 10.6. The molecule has 0 aliphatic carbocycles. The van der Waals surface area contributed by atoms with Crippen molar-refractivity contribution in [2.45, 2.75) is 18.8 Å². The zero-order valence-corrected chi connectivity index (χ0v) is 15.4. The van der Waals surface area contributed by atoms with Gasteiger partial charge in [-0.25, -0.2) is 9.97 Å². The molecule has 1 N–H and O–H groups in total. The van der Waals surface area contributed by atoms with Crippen LogP contribution in [0.15, 0.2) is 36.5 Å². The van der Waals surface area contributed by atoms with Gasteiger partial charge >= 0.3 is 0 Å². The second-order valence-electron chi connectivity index (χ2n) is 7.15. The molecule has 0 unspecified atom stereocenters. The van der Waals surface area contributed by atoms with Crippen molar-refractivity contribution < 1.29 is 4.74 Å². The van der Waals surface area contributed by atoms with Crippen molar-refractivity contribution >= 4 is 17.3 Å². The molecule has 3 heterocycles. The maximum Gasteiger partial charge on any atom is 0.227 e. The van der Waals surface area contributed by atoms with Crippen molar-refractivity contribution in [1.82, 2.24) is 14.9 Å². The molecule has 0 atom stereocenters. The van der Waals surface area contributed by atoms with Crippen molar-refractivity contribution in [2.75, 3.05) is 56.7 Å². The molecule has 2 aliphatic rings. The fourth-order valence-corrected chi connectivity index (χ4v) is 3.60. The first-order chi connectivity index (χ1) is 12.8. The number of nitrogens with one attached hydrogen (secondary N) is 1. The second-order valence-corrected chi connectivity index (χ2v) is 7.15. The first-order valence-electron chi connectivity index (χ1n) is 9.49. The Morgan fingerprint density at radius 2 is 1.73 bits per heavy atom. The largest absolute Gasteiger partial charge is 0.381 e. The molecule has 2 fully saturated rings. The topological polar surface area (TPSA) is 53.5 Å². The van der Waals surface area contributed by atoms with E-state index in [0.717, 1.165) is 63.6 Å². The van der Waals surface area contributed by atoms with E-state index in [1.165, 1.54) is 5.69 Å². The summed E-state index contributed by atoms with van der Waals surface area (Å²) in [4.78, 5) is 13.9. The number of rotatable bonds is 4. The third-order valence-electron chi connectivity index (χ3n) is 5.31. The van der Waals surface area contributed by atoms with Crippen LogP contribution in [0.4, 0.5) is 17.3 Å². The summed E-state index contributed by atoms with van der Waals surface area (Å²) in [5.74, 6) is 1.15. The predicted molar refractivity (Wildman–Crippen MR) is 104 cm³/mol. The van der Waals surface area contributed by atoms with E-state index in [-0.39, 0.29) is 0 Å². The predicted octanol–water partition coefficient (Wildman–Crippen LogP) is 2.87. The van der Waals surface area contributed by atoms with Gasteiger partial charge in [0.1, 0.15) is 0 Å². The number of hydrogen-bond donors (Lipinski definition) is 1. The third kappa shape index (κ3) is 4.14. The van der Waals surface area contributed by atoms with E-state index < -0.39 is 0 Å². The zero-order chi connectivity index (χ0) is 17.8. The number of hydrogen-bond acceptors (Lipinski definition) is 6. The smallest absolute Gasteiger partial charge is 0.227 e. The van der Waals surface area contributed by atoms with Gasteiger partial charge in [-0.05, 0) is 50.2 Å². The van der Waals surface area contributed by atoms with Crippen LogP contribution in [0, 0.1) is 0 Å². The van der Waals surface area contributed by atoms with Crippen molar-refractivity contribution in [3.05, 3.63) is 42.2 Å². The number of anilines is 3. The highest BCUT2D eigenvalue weighted by atomic mass is 16.5. The van der Waals surface area contributed by atoms with Crippen LogP contribution in [0.1, 0.15) is 24.5 Å². The van der Waals surface area contributed by atoms with Crippen molar-refractivity contribution in [2.24, 2.45) is 0 Å². The van der Waals surface area contributed by atoms with Gasteiger partial charge in [0.05, 0.1) is 0 Å². The van der Waals surface area contributed by atoms with Gasteiger partial charge in [-0.3, -0.25) is 0 Å². The normalized spacial score (nSPS) is 19.5. The van der Waals surface area contributed by atoms with Gasteiger partial charge in [0.15, 0.2) is 0 Å². The summed E-state index contributed by atoms with van der Waals surface area (Å²) in [5, 5.41) is 3.34. The molecule has 0 radical (unpaired) electrons. The highest BCUT2D eigenvalue weighted by Crippen LogP contribution is 2.26. The zero-order valence-electron chi connectivity index (χ0n) is 15.4. The lowest BCUT2D eigenvalue weighted by atomic mass is 9.96. The van der Waals surface area contributed by atoms with Gasteiger partial charge < -0.3 is 19.9 Å². The lowest BCUT2D eigenvalue weighted by Gasteiger charge is -2.34. The Kier molecular flexibility index (Phi) is 5.32. The molecule has 1 aromatic carbocycles. The molecular weight excluding hydrogens is 326 g/mol. The average Bonchev–Trinajstić information content (AvgIpc) is 2.70. The Labute approximate surface area is 155 Å². The molecule has 26 heavy (non-hydrogen) atoms. The van der Waals surface area contributed by atoms with Crippen LogP contribution < -0.4 is 10.2 Å². The Hall–Kier alpha value is -2.18. The molecule has 6 nitrogen and oxygen atoms in total. The minimum Gasteiger partial charge on any atom is -0.381 e. The Morgan fingerprint density at radius 3 is 2.46 bits per heavy atom. The molecule has 2 aliphatic heterocycles. The molecule has 4 rings (SSSR count). The van der Waals surface area contributed by atoms with Crippen LogP contribution in [-0.4, -0.2) is 61.3 Å². The van der Waals surface area contributed by atoms with Crippen LogP contribution in [0.2, 0.25) is 0 Å². The summed E-state index contributed by atoms with van der Waals surface area (Å²) in [7, 11) is 2.18. The van der Waals surface area contributed by atoms with Crippen molar-refractivity contribution in [3.63, 3.8) is 0 Å². The van der Waals surface area contributed by atoms with E-state index in [9.17, 15) is 0 Å². The molecule has 138 valence electrons. The van der Waals surface area contributed by atoms with Gasteiger partial charge in [0, 0.05) is 68.6 Å². The van der Waals surface area contributed by atoms with Crippen molar-refractivity contribution in [1.29, 1.82) is 0 Å². The van der Waals surface area contributed by atoms with Gasteiger partial charge in [0.2, 0.25) is 5.95 Å². The van der Waals surface area contributed by atoms with E-state index in [4.69, 9.17) is 9.72 Å². The first kappa shape index (κ1) is 17.2. The third-order valence-corrected chi connectivity index (χ3v) is 5.31. The molecule has 2 aromatic rings. The summed E-state index contributed by atoms with van der Waals surface area (Å²) < 4.78 is 5.45. The van der Waals surface area contributed by atoms with Crippen LogP contribution >= 0.6 is 0 Å². The molecule has 0 saturated carbocycles. The number of piperazine rings is 1. The standard InChI is InChI=1S/C20H27N5O/c1-24-10-12-25(13-11-24)18-4-2-17(3-5-18)22-20-21-9-6-19(23-20)16-7-14-26-15-8-16/h2-6,9,16H,7-8,10-15H2,1H3,(H,21,22,23). The highest BCUT2D eigenvalue weighted by Gasteiger charge is 2.18. The van der Waals surface area contributed by atoms with Gasteiger partial charge in [0.25, 0.3) is 0 Å². The van der Waals surface area contributed by atoms with Crippen LogP contribution in [0.3, 0.4) is 0 Å². The maximum atomic E-state index is 5.45. The minimum absolute atomic E-state index is 0.479. The van der Waals surface area contributed by atoms with Crippen LogP contribution in [0.5, 0.6) is 0 Å². The van der Waals surface area contributed by atoms with E-state index in [1.54, 1.807) is 0 Å². The summed E-state index contributed by atoms with van der Waals surface area (Å²) in [5.41, 5.74) is 3.41. The fourth-order valence-electron chi connectivity index (χ4n) is 3.60. The molecule has 0 spiro atoms. The summed E-state index contributed by atoms with van der Waals surface area (Å²) >= 11 is 0. The van der Waals surface area contributed by atoms with Crippen molar-refractivity contribution in [3.8, 4) is 0 Å². The summed E-state index contributed by atoms with van der Waals surface area (Å²) in [6.07, 6.45) is 3.92. The monoisotopic (exact) mass is 353 g/mol. The Bertz CT molecular complexity index is 706. The number of nitrogens with zero attached hydrogens (tertiary/aromatic N) is 4. The molecule has 1 aromatic heterocycles. The molecular formula is C20H27N5O. The van der Waals surface area contributed by atoms with Gasteiger partial charge in [-0.15, -0.1) is 0 Å². The maximum absolute atomic E-state index is 5.45. The fraction of sp³-hybridized carbons (Fsp3) is 0.500. The van der Waals surface area contributed by atoms with Gasteiger partial charge in [-0.2, -0.15) is 0 Å². The van der Waals surface area contributed by atoms with E-state index >= 15 is 0 Å². The molecule has 0 bridgehead atoms. The second kappa shape index (κ2) is 8.01. The number of aromatic nitrogens is 2. The van der Waals surface area contributed by atoms with Crippen LogP contribution in [0.25, 0.3) is 0 Å². The summed E-state index contributed by atoms with van der Waals surface area (Å²) in [6.45, 7) is 6.05. The Balaban J connectivity index is 1.41. The van der Waals surface area contributed by atoms with E-state index in [1.807, 2.05) is 12.3 Å². The quantitative estimate of drug-likeness (QED) is 0.912. The van der Waals surface area contributed by atoms with Crippen LogP contribution in [-0.2, 0) is 4.74 Å². The SMILES string of the molecule is CN1CCN(c2ccc(Nc3nccc(C4CCOCC4)n3)cc2)CC1. The number of benzene rings is 1. The first-order valence-corrected chi connectivity index (χ1v) is 9.49. The number of likely N-dealkylation sites (N-methyl/N-ethyl adjacent to an activating group) is 1. The molecule has 2 saturated heterocycles. The lowest BCUT2D eigenvalue weighted by molar-refractivity contribution is 0.0845.